The molecule has 0 atom stereocenters. The van der Waals surface area contributed by atoms with Crippen LogP contribution in [0.5, 0.6) is 0 Å². The van der Waals surface area contributed by atoms with Crippen molar-refractivity contribution in [3.8, 4) is 55.6 Å². The molecule has 266 valence electrons. The van der Waals surface area contributed by atoms with E-state index in [1.54, 1.807) is 0 Å². The topological polar surface area (TPSA) is 3.24 Å². The summed E-state index contributed by atoms with van der Waals surface area (Å²) >= 11 is 0. The number of rotatable bonds is 7. The average Bonchev–Trinajstić information content (AvgIpc) is 3.49. The van der Waals surface area contributed by atoms with Gasteiger partial charge in [0.15, 0.2) is 0 Å². The highest BCUT2D eigenvalue weighted by molar-refractivity contribution is 5.98. The van der Waals surface area contributed by atoms with Crippen LogP contribution in [-0.4, -0.2) is 0 Å². The van der Waals surface area contributed by atoms with E-state index in [9.17, 15) is 0 Å². The summed E-state index contributed by atoms with van der Waals surface area (Å²) in [6.07, 6.45) is 0. The second-order valence-electron chi connectivity index (χ2n) is 15.4. The second kappa shape index (κ2) is 13.7. The van der Waals surface area contributed by atoms with E-state index in [2.05, 4.69) is 231 Å². The summed E-state index contributed by atoms with van der Waals surface area (Å²) in [5.74, 6) is 0. The predicted molar refractivity (Wildman–Crippen MR) is 238 cm³/mol. The number of fused-ring (bicyclic) bond motifs is 4. The molecule has 10 rings (SSSR count). The lowest BCUT2D eigenvalue weighted by Crippen LogP contribution is -2.15. The second-order valence-corrected chi connectivity index (χ2v) is 15.4. The molecule has 0 fully saturated rings. The first-order chi connectivity index (χ1) is 27.5. The number of hydrogen-bond acceptors (Lipinski definition) is 1. The van der Waals surface area contributed by atoms with Gasteiger partial charge in [-0.05, 0) is 132 Å². The third kappa shape index (κ3) is 5.81. The summed E-state index contributed by atoms with van der Waals surface area (Å²) in [4.78, 5) is 2.36. The minimum atomic E-state index is -0.153. The summed E-state index contributed by atoms with van der Waals surface area (Å²) in [5.41, 5.74) is 18.4. The Morgan fingerprint density at radius 3 is 1.55 bits per heavy atom. The number of nitrogens with zero attached hydrogens (tertiary/aromatic N) is 1. The van der Waals surface area contributed by atoms with Crippen LogP contribution in [0, 0.1) is 0 Å². The summed E-state index contributed by atoms with van der Waals surface area (Å²) in [5, 5.41) is 2.50. The Hall–Kier alpha value is -6.96. The molecule has 9 aromatic carbocycles. The highest BCUT2D eigenvalue weighted by Crippen LogP contribution is 2.54. The van der Waals surface area contributed by atoms with Crippen LogP contribution >= 0.6 is 0 Å². The van der Waals surface area contributed by atoms with Crippen LogP contribution in [0.1, 0.15) is 25.0 Å². The molecule has 1 heteroatoms. The minimum absolute atomic E-state index is 0.153. The smallest absolute Gasteiger partial charge is 0.0467 e. The normalized spacial score (nSPS) is 12.6. The maximum Gasteiger partial charge on any atom is 0.0467 e. The van der Waals surface area contributed by atoms with Crippen LogP contribution < -0.4 is 4.90 Å². The van der Waals surface area contributed by atoms with Crippen molar-refractivity contribution in [3.05, 3.63) is 223 Å². The van der Waals surface area contributed by atoms with E-state index < -0.39 is 0 Å². The maximum absolute atomic E-state index is 2.48. The minimum Gasteiger partial charge on any atom is -0.310 e. The van der Waals surface area contributed by atoms with Crippen LogP contribution in [0.15, 0.2) is 212 Å². The van der Waals surface area contributed by atoms with Gasteiger partial charge in [0, 0.05) is 22.5 Å². The fraction of sp³-hybridized carbons (Fsp3) is 0.0545. The standard InChI is InChI=1S/C55H41N/c1-55(2)52-27-15-26-48(39-17-6-3-7-18-39)54(52)51-36-49(40-19-8-4-9-20-40)50(37-53(51)55)41-30-32-46(33-31-41)56(45-23-10-5-11-24-45)47-25-14-22-43(35-47)44-29-28-38-16-12-13-21-42(38)34-44/h3-37H,1-2H3. The lowest BCUT2D eigenvalue weighted by molar-refractivity contribution is 0.661. The fourth-order valence-corrected chi connectivity index (χ4v) is 8.79. The molecule has 0 bridgehead atoms. The van der Waals surface area contributed by atoms with Gasteiger partial charge in [-0.3, -0.25) is 0 Å². The van der Waals surface area contributed by atoms with Crippen molar-refractivity contribution in [1.82, 2.24) is 0 Å². The zero-order valence-corrected chi connectivity index (χ0v) is 31.7. The molecule has 1 aliphatic carbocycles. The number of anilines is 3. The van der Waals surface area contributed by atoms with E-state index in [4.69, 9.17) is 0 Å². The van der Waals surface area contributed by atoms with Crippen molar-refractivity contribution in [2.45, 2.75) is 19.3 Å². The van der Waals surface area contributed by atoms with Crippen molar-refractivity contribution < 1.29 is 0 Å². The number of benzene rings is 9. The van der Waals surface area contributed by atoms with E-state index in [1.807, 2.05) is 0 Å². The van der Waals surface area contributed by atoms with E-state index in [0.29, 0.717) is 0 Å². The molecule has 0 heterocycles. The molecular formula is C55H41N. The van der Waals surface area contributed by atoms with E-state index in [-0.39, 0.29) is 5.41 Å². The van der Waals surface area contributed by atoms with Crippen molar-refractivity contribution >= 4 is 27.8 Å². The summed E-state index contributed by atoms with van der Waals surface area (Å²) in [6.45, 7) is 4.76. The molecule has 1 nitrogen and oxygen atoms in total. The zero-order valence-electron chi connectivity index (χ0n) is 31.7. The van der Waals surface area contributed by atoms with E-state index in [1.165, 1.54) is 77.5 Å². The first kappa shape index (κ1) is 33.6. The third-order valence-corrected chi connectivity index (χ3v) is 11.6. The molecule has 0 spiro atoms. The van der Waals surface area contributed by atoms with Gasteiger partial charge in [0.25, 0.3) is 0 Å². The van der Waals surface area contributed by atoms with Crippen molar-refractivity contribution in [2.75, 3.05) is 4.90 Å². The largest absolute Gasteiger partial charge is 0.310 e. The number of para-hydroxylation sites is 1. The van der Waals surface area contributed by atoms with Crippen LogP contribution in [0.2, 0.25) is 0 Å². The van der Waals surface area contributed by atoms with Crippen molar-refractivity contribution in [2.24, 2.45) is 0 Å². The Balaban J connectivity index is 1.09. The van der Waals surface area contributed by atoms with Gasteiger partial charge < -0.3 is 4.90 Å². The molecule has 0 unspecified atom stereocenters. The molecule has 1 aliphatic rings. The first-order valence-corrected chi connectivity index (χ1v) is 19.5. The number of hydrogen-bond donors (Lipinski definition) is 0. The SMILES string of the molecule is CC1(C)c2cc(-c3ccc(N(c4ccccc4)c4cccc(-c5ccc6ccccc6c5)c4)cc3)c(-c3ccccc3)cc2-c2c(-c3ccccc3)cccc21. The quantitative estimate of drug-likeness (QED) is 0.159. The fourth-order valence-electron chi connectivity index (χ4n) is 8.79. The molecule has 0 amide bonds. The van der Waals surface area contributed by atoms with Gasteiger partial charge in [-0.15, -0.1) is 0 Å². The molecular weight excluding hydrogens is 675 g/mol. The van der Waals surface area contributed by atoms with Crippen LogP contribution in [-0.2, 0) is 5.41 Å². The molecule has 0 saturated heterocycles. The Kier molecular flexibility index (Phi) is 8.23. The van der Waals surface area contributed by atoms with E-state index >= 15 is 0 Å². The monoisotopic (exact) mass is 715 g/mol. The van der Waals surface area contributed by atoms with Crippen LogP contribution in [0.4, 0.5) is 17.1 Å². The Morgan fingerprint density at radius 1 is 0.304 bits per heavy atom. The summed E-state index contributed by atoms with van der Waals surface area (Å²) in [7, 11) is 0. The van der Waals surface area contributed by atoms with Crippen LogP contribution in [0.3, 0.4) is 0 Å². The lowest BCUT2D eigenvalue weighted by atomic mass is 9.80. The molecule has 0 saturated carbocycles. The highest BCUT2D eigenvalue weighted by Gasteiger charge is 2.38. The van der Waals surface area contributed by atoms with Gasteiger partial charge in [-0.25, -0.2) is 0 Å². The molecule has 56 heavy (non-hydrogen) atoms. The molecule has 0 N–H and O–H groups in total. The summed E-state index contributed by atoms with van der Waals surface area (Å²) in [6, 6.07) is 77.5. The predicted octanol–water partition coefficient (Wildman–Crippen LogP) is 15.3. The Morgan fingerprint density at radius 2 is 0.821 bits per heavy atom. The van der Waals surface area contributed by atoms with Crippen LogP contribution in [0.25, 0.3) is 66.4 Å². The third-order valence-electron chi connectivity index (χ3n) is 11.6. The van der Waals surface area contributed by atoms with Gasteiger partial charge >= 0.3 is 0 Å². The van der Waals surface area contributed by atoms with Gasteiger partial charge in [-0.2, -0.15) is 0 Å². The first-order valence-electron chi connectivity index (χ1n) is 19.5. The molecule has 0 aromatic heterocycles. The van der Waals surface area contributed by atoms with E-state index in [0.717, 1.165) is 17.1 Å². The summed E-state index contributed by atoms with van der Waals surface area (Å²) < 4.78 is 0. The lowest BCUT2D eigenvalue weighted by Gasteiger charge is -2.26. The van der Waals surface area contributed by atoms with Crippen molar-refractivity contribution in [3.63, 3.8) is 0 Å². The zero-order chi connectivity index (χ0) is 37.6. The molecule has 0 radical (unpaired) electrons. The van der Waals surface area contributed by atoms with Gasteiger partial charge in [0.05, 0.1) is 0 Å². The Labute approximate surface area is 329 Å². The van der Waals surface area contributed by atoms with Gasteiger partial charge in [-0.1, -0.05) is 172 Å². The average molecular weight is 716 g/mol. The highest BCUT2D eigenvalue weighted by atomic mass is 15.1. The maximum atomic E-state index is 2.48. The molecule has 0 aliphatic heterocycles. The Bertz CT molecular complexity index is 2850. The van der Waals surface area contributed by atoms with Gasteiger partial charge in [0.1, 0.15) is 0 Å². The van der Waals surface area contributed by atoms with Crippen molar-refractivity contribution in [1.29, 1.82) is 0 Å². The molecule has 9 aromatic rings. The van der Waals surface area contributed by atoms with Gasteiger partial charge in [0.2, 0.25) is 0 Å².